The predicted molar refractivity (Wildman–Crippen MR) is 131 cm³/mol. The highest BCUT2D eigenvalue weighted by Crippen LogP contribution is 2.31. The molecule has 0 bridgehead atoms. The molecule has 1 atom stereocenters. The van der Waals surface area contributed by atoms with Gasteiger partial charge in [0.2, 0.25) is 0 Å². The van der Waals surface area contributed by atoms with Gasteiger partial charge in [-0.25, -0.2) is 4.79 Å². The Kier molecular flexibility index (Phi) is 8.29. The van der Waals surface area contributed by atoms with Crippen molar-refractivity contribution in [2.75, 3.05) is 5.32 Å². The molecule has 3 aromatic carbocycles. The molecule has 192 valence electrons. The number of nitrogens with one attached hydrogen (secondary N) is 1. The molecule has 0 saturated carbocycles. The van der Waals surface area contributed by atoms with Crippen molar-refractivity contribution >= 4 is 21.8 Å². The SMILES string of the molecule is CCC(C)N(Cc1cccc(OS(=O)(=O)c2cccc(C(F)(F)F)c2)c1)C(=O)Nc1ccccc1C. The van der Waals surface area contributed by atoms with Gasteiger partial charge in [0.1, 0.15) is 10.6 Å². The van der Waals surface area contributed by atoms with E-state index in [1.54, 1.807) is 23.1 Å². The van der Waals surface area contributed by atoms with Gasteiger partial charge in [-0.2, -0.15) is 21.6 Å². The third-order valence-corrected chi connectivity index (χ3v) is 6.92. The predicted octanol–water partition coefficient (Wildman–Crippen LogP) is 6.61. The molecule has 0 radical (unpaired) electrons. The fraction of sp³-hybridized carbons (Fsp3) is 0.269. The molecule has 0 aliphatic rings. The summed E-state index contributed by atoms with van der Waals surface area (Å²) in [7, 11) is -4.52. The molecule has 0 aromatic heterocycles. The van der Waals surface area contributed by atoms with Gasteiger partial charge in [0.15, 0.2) is 0 Å². The third-order valence-electron chi connectivity index (χ3n) is 5.68. The summed E-state index contributed by atoms with van der Waals surface area (Å²) >= 11 is 0. The molecule has 3 aromatic rings. The fourth-order valence-electron chi connectivity index (χ4n) is 3.44. The van der Waals surface area contributed by atoms with Crippen molar-refractivity contribution in [2.45, 2.75) is 50.9 Å². The molecule has 3 rings (SSSR count). The van der Waals surface area contributed by atoms with Gasteiger partial charge in [-0.15, -0.1) is 0 Å². The molecule has 0 spiro atoms. The summed E-state index contributed by atoms with van der Waals surface area (Å²) in [6.45, 7) is 5.89. The van der Waals surface area contributed by atoms with Gasteiger partial charge >= 0.3 is 22.3 Å². The number of benzene rings is 3. The number of carbonyl (C=O) groups is 1. The number of alkyl halides is 3. The van der Waals surface area contributed by atoms with Crippen LogP contribution in [0, 0.1) is 6.92 Å². The van der Waals surface area contributed by atoms with Crippen molar-refractivity contribution in [3.63, 3.8) is 0 Å². The molecule has 0 heterocycles. The standard InChI is InChI=1S/C26H27F3N2O4S/c1-4-19(3)31(25(32)30-24-14-6-5-9-18(24)2)17-20-10-7-12-22(15-20)35-36(33,34)23-13-8-11-21(16-23)26(27,28)29/h5-16,19H,4,17H2,1-3H3,(H,30,32). The lowest BCUT2D eigenvalue weighted by atomic mass is 10.1. The van der Waals surface area contributed by atoms with E-state index in [0.29, 0.717) is 23.7 Å². The molecule has 6 nitrogen and oxygen atoms in total. The lowest BCUT2D eigenvalue weighted by Crippen LogP contribution is -2.40. The zero-order valence-electron chi connectivity index (χ0n) is 20.0. The van der Waals surface area contributed by atoms with Crippen LogP contribution in [0.5, 0.6) is 5.75 Å². The number of nitrogens with zero attached hydrogens (tertiary/aromatic N) is 1. The van der Waals surface area contributed by atoms with E-state index in [1.807, 2.05) is 39.0 Å². The molecule has 1 unspecified atom stereocenters. The van der Waals surface area contributed by atoms with Crippen molar-refractivity contribution in [1.82, 2.24) is 4.90 Å². The number of hydrogen-bond acceptors (Lipinski definition) is 4. The lowest BCUT2D eigenvalue weighted by molar-refractivity contribution is -0.137. The van der Waals surface area contributed by atoms with Gasteiger partial charge in [-0.05, 0) is 67.8 Å². The Morgan fingerprint density at radius 2 is 1.72 bits per heavy atom. The van der Waals surface area contributed by atoms with Gasteiger partial charge in [0.05, 0.1) is 5.56 Å². The number of hydrogen-bond donors (Lipinski definition) is 1. The molecule has 36 heavy (non-hydrogen) atoms. The minimum absolute atomic E-state index is 0.0756. The highest BCUT2D eigenvalue weighted by atomic mass is 32.2. The Morgan fingerprint density at radius 1 is 1.03 bits per heavy atom. The summed E-state index contributed by atoms with van der Waals surface area (Å²) in [5.74, 6) is -0.0756. The van der Waals surface area contributed by atoms with Gasteiger partial charge in [-0.3, -0.25) is 0 Å². The van der Waals surface area contributed by atoms with E-state index in [0.717, 1.165) is 23.8 Å². The zero-order valence-corrected chi connectivity index (χ0v) is 20.9. The number of para-hydroxylation sites is 1. The van der Waals surface area contributed by atoms with Crippen molar-refractivity contribution in [2.24, 2.45) is 0 Å². The summed E-state index contributed by atoms with van der Waals surface area (Å²) < 4.78 is 69.4. The van der Waals surface area contributed by atoms with Crippen LogP contribution in [0.3, 0.4) is 0 Å². The highest BCUT2D eigenvalue weighted by molar-refractivity contribution is 7.87. The van der Waals surface area contributed by atoms with Crippen molar-refractivity contribution in [3.05, 3.63) is 89.5 Å². The first-order valence-corrected chi connectivity index (χ1v) is 12.7. The normalized spacial score (nSPS) is 12.6. The first-order chi connectivity index (χ1) is 16.9. The van der Waals surface area contributed by atoms with E-state index >= 15 is 0 Å². The average molecular weight is 521 g/mol. The van der Waals surface area contributed by atoms with Crippen molar-refractivity contribution in [1.29, 1.82) is 0 Å². The maximum atomic E-state index is 13.1. The van der Waals surface area contributed by atoms with E-state index < -0.39 is 26.8 Å². The van der Waals surface area contributed by atoms with Crippen LogP contribution in [0.1, 0.15) is 37.0 Å². The Balaban J connectivity index is 1.81. The number of rotatable bonds is 8. The molecule has 10 heteroatoms. The Labute approximate surface area is 208 Å². The maximum Gasteiger partial charge on any atom is 0.416 e. The van der Waals surface area contributed by atoms with E-state index in [2.05, 4.69) is 5.32 Å². The van der Waals surface area contributed by atoms with E-state index in [1.165, 1.54) is 12.1 Å². The molecule has 0 saturated heterocycles. The van der Waals surface area contributed by atoms with Crippen LogP contribution in [0.25, 0.3) is 0 Å². The number of halogens is 3. The van der Waals surface area contributed by atoms with Crippen LogP contribution in [-0.4, -0.2) is 25.4 Å². The highest BCUT2D eigenvalue weighted by Gasteiger charge is 2.32. The minimum Gasteiger partial charge on any atom is -0.379 e. The second kappa shape index (κ2) is 11.0. The van der Waals surface area contributed by atoms with Crippen LogP contribution >= 0.6 is 0 Å². The van der Waals surface area contributed by atoms with E-state index in [9.17, 15) is 26.4 Å². The van der Waals surface area contributed by atoms with Crippen molar-refractivity contribution in [3.8, 4) is 5.75 Å². The molecule has 2 amide bonds. The summed E-state index contributed by atoms with van der Waals surface area (Å²) in [5, 5.41) is 2.91. The minimum atomic E-state index is -4.69. The Hall–Kier alpha value is -3.53. The summed E-state index contributed by atoms with van der Waals surface area (Å²) in [4.78, 5) is 14.1. The quantitative estimate of drug-likeness (QED) is 0.339. The van der Waals surface area contributed by atoms with Crippen LogP contribution in [0.2, 0.25) is 0 Å². The van der Waals surface area contributed by atoms with Gasteiger partial charge < -0.3 is 14.4 Å². The average Bonchev–Trinajstić information content (AvgIpc) is 2.83. The number of amides is 2. The largest absolute Gasteiger partial charge is 0.416 e. The molecule has 0 aliphatic carbocycles. The second-order valence-electron chi connectivity index (χ2n) is 8.34. The Bertz CT molecular complexity index is 1330. The van der Waals surface area contributed by atoms with Gasteiger partial charge in [0.25, 0.3) is 0 Å². The first-order valence-electron chi connectivity index (χ1n) is 11.2. The third kappa shape index (κ3) is 6.78. The van der Waals surface area contributed by atoms with E-state index in [4.69, 9.17) is 4.18 Å². The Morgan fingerprint density at radius 3 is 2.39 bits per heavy atom. The van der Waals surface area contributed by atoms with Crippen LogP contribution in [0.4, 0.5) is 23.7 Å². The van der Waals surface area contributed by atoms with Gasteiger partial charge in [0, 0.05) is 18.3 Å². The summed E-state index contributed by atoms with van der Waals surface area (Å²) in [6.07, 6.45) is -4.01. The molecule has 1 N–H and O–H groups in total. The monoisotopic (exact) mass is 520 g/mol. The van der Waals surface area contributed by atoms with Crippen molar-refractivity contribution < 1.29 is 30.6 Å². The number of aryl methyl sites for hydroxylation is 1. The topological polar surface area (TPSA) is 75.7 Å². The molecular formula is C26H27F3N2O4S. The van der Waals surface area contributed by atoms with Crippen LogP contribution in [-0.2, 0) is 22.8 Å². The zero-order chi connectivity index (χ0) is 26.5. The molecule has 0 aliphatic heterocycles. The lowest BCUT2D eigenvalue weighted by Gasteiger charge is -2.29. The van der Waals surface area contributed by atoms with Crippen LogP contribution < -0.4 is 9.50 Å². The van der Waals surface area contributed by atoms with E-state index in [-0.39, 0.29) is 24.4 Å². The number of anilines is 1. The number of carbonyl (C=O) groups excluding carboxylic acids is 1. The summed E-state index contributed by atoms with van der Waals surface area (Å²) in [5.41, 5.74) is 1.09. The van der Waals surface area contributed by atoms with Crippen LogP contribution in [0.15, 0.2) is 77.7 Å². The number of urea groups is 1. The molecule has 0 fully saturated rings. The first kappa shape index (κ1) is 27.1. The second-order valence-corrected chi connectivity index (χ2v) is 9.89. The fourth-order valence-corrected chi connectivity index (χ4v) is 4.41. The maximum absolute atomic E-state index is 13.1. The summed E-state index contributed by atoms with van der Waals surface area (Å²) in [6, 6.07) is 16.4. The van der Waals surface area contributed by atoms with Gasteiger partial charge in [-0.1, -0.05) is 43.3 Å². The smallest absolute Gasteiger partial charge is 0.379 e. The molecular weight excluding hydrogens is 493 g/mol.